The molecular formula is C10H11BrN2OS. The summed E-state index contributed by atoms with van der Waals surface area (Å²) < 4.78 is 0.737. The Hall–Kier alpha value is -0.550. The van der Waals surface area contributed by atoms with E-state index in [4.69, 9.17) is 0 Å². The van der Waals surface area contributed by atoms with E-state index in [0.717, 1.165) is 22.5 Å². The second-order valence-electron chi connectivity index (χ2n) is 3.40. The molecule has 1 fully saturated rings. The first-order valence-corrected chi connectivity index (χ1v) is 6.71. The molecule has 0 radical (unpaired) electrons. The minimum absolute atomic E-state index is 0.0885. The van der Waals surface area contributed by atoms with Crippen LogP contribution in [0.4, 0.5) is 5.82 Å². The van der Waals surface area contributed by atoms with E-state index in [9.17, 15) is 4.79 Å². The van der Waals surface area contributed by atoms with Gasteiger partial charge in [0.05, 0.1) is 0 Å². The van der Waals surface area contributed by atoms with Gasteiger partial charge in [0.1, 0.15) is 10.4 Å². The van der Waals surface area contributed by atoms with E-state index in [1.807, 2.05) is 23.9 Å². The zero-order valence-electron chi connectivity index (χ0n) is 8.07. The van der Waals surface area contributed by atoms with Crippen molar-refractivity contribution < 1.29 is 4.79 Å². The molecule has 5 heteroatoms. The number of anilines is 1. The van der Waals surface area contributed by atoms with Gasteiger partial charge in [-0.1, -0.05) is 6.07 Å². The van der Waals surface area contributed by atoms with Gasteiger partial charge < -0.3 is 5.32 Å². The van der Waals surface area contributed by atoms with Crippen LogP contribution in [0.1, 0.15) is 6.42 Å². The molecule has 1 aliphatic heterocycles. The lowest BCUT2D eigenvalue weighted by Crippen LogP contribution is -2.22. The largest absolute Gasteiger partial charge is 0.310 e. The SMILES string of the molecule is O=C(Nc1cccc(Br)n1)C1CCSC1. The molecule has 1 aliphatic rings. The number of hydrogen-bond acceptors (Lipinski definition) is 3. The summed E-state index contributed by atoms with van der Waals surface area (Å²) in [6, 6.07) is 5.49. The number of aromatic nitrogens is 1. The van der Waals surface area contributed by atoms with Crippen LogP contribution in [0.3, 0.4) is 0 Å². The van der Waals surface area contributed by atoms with Crippen LogP contribution < -0.4 is 5.32 Å². The molecule has 0 bridgehead atoms. The Kier molecular flexibility index (Phi) is 3.64. The fraction of sp³-hybridized carbons (Fsp3) is 0.400. The third-order valence-corrected chi connectivity index (χ3v) is 3.87. The zero-order chi connectivity index (χ0) is 10.7. The van der Waals surface area contributed by atoms with Crippen LogP contribution >= 0.6 is 27.7 Å². The van der Waals surface area contributed by atoms with E-state index < -0.39 is 0 Å². The second-order valence-corrected chi connectivity index (χ2v) is 5.36. The summed E-state index contributed by atoms with van der Waals surface area (Å²) in [7, 11) is 0. The molecule has 2 heterocycles. The van der Waals surface area contributed by atoms with E-state index in [2.05, 4.69) is 26.2 Å². The monoisotopic (exact) mass is 286 g/mol. The minimum Gasteiger partial charge on any atom is -0.310 e. The number of pyridine rings is 1. The highest BCUT2D eigenvalue weighted by molar-refractivity contribution is 9.10. The van der Waals surface area contributed by atoms with Gasteiger partial charge in [0, 0.05) is 11.7 Å². The molecule has 0 saturated carbocycles. The van der Waals surface area contributed by atoms with Gasteiger partial charge in [-0.25, -0.2) is 4.98 Å². The maximum atomic E-state index is 11.7. The van der Waals surface area contributed by atoms with Crippen molar-refractivity contribution in [3.63, 3.8) is 0 Å². The van der Waals surface area contributed by atoms with E-state index in [-0.39, 0.29) is 11.8 Å². The molecule has 1 aromatic rings. The first-order chi connectivity index (χ1) is 7.25. The normalized spacial score (nSPS) is 20.2. The number of hydrogen-bond donors (Lipinski definition) is 1. The number of carbonyl (C=O) groups excluding carboxylic acids is 1. The molecule has 1 unspecified atom stereocenters. The van der Waals surface area contributed by atoms with Crippen molar-refractivity contribution in [3.05, 3.63) is 22.8 Å². The molecule has 2 rings (SSSR count). The maximum absolute atomic E-state index is 11.7. The van der Waals surface area contributed by atoms with Crippen LogP contribution in [0.2, 0.25) is 0 Å². The summed E-state index contributed by atoms with van der Waals surface area (Å²) in [5, 5.41) is 2.83. The molecular weight excluding hydrogens is 276 g/mol. The minimum atomic E-state index is 0.0885. The Morgan fingerprint density at radius 2 is 2.47 bits per heavy atom. The van der Waals surface area contributed by atoms with Gasteiger partial charge in [-0.3, -0.25) is 4.79 Å². The van der Waals surface area contributed by atoms with E-state index in [1.54, 1.807) is 6.07 Å². The lowest BCUT2D eigenvalue weighted by Gasteiger charge is -2.08. The summed E-state index contributed by atoms with van der Waals surface area (Å²) in [5.74, 6) is 2.87. The van der Waals surface area contributed by atoms with Crippen LogP contribution in [0, 0.1) is 5.92 Å². The van der Waals surface area contributed by atoms with Crippen molar-refractivity contribution >= 4 is 39.4 Å². The molecule has 0 aliphatic carbocycles. The van der Waals surface area contributed by atoms with Gasteiger partial charge in [-0.2, -0.15) is 11.8 Å². The van der Waals surface area contributed by atoms with Crippen LogP contribution in [0.25, 0.3) is 0 Å². The fourth-order valence-corrected chi connectivity index (χ4v) is 3.01. The molecule has 80 valence electrons. The Morgan fingerprint density at radius 3 is 3.13 bits per heavy atom. The molecule has 0 aromatic carbocycles. The van der Waals surface area contributed by atoms with Gasteiger partial charge in [0.15, 0.2) is 0 Å². The molecule has 1 N–H and O–H groups in total. The predicted octanol–water partition coefficient (Wildman–Crippen LogP) is 2.54. The number of nitrogens with one attached hydrogen (secondary N) is 1. The maximum Gasteiger partial charge on any atom is 0.229 e. The third-order valence-electron chi connectivity index (χ3n) is 2.27. The first-order valence-electron chi connectivity index (χ1n) is 4.77. The van der Waals surface area contributed by atoms with Crippen molar-refractivity contribution in [3.8, 4) is 0 Å². The molecule has 1 saturated heterocycles. The Bertz CT molecular complexity index is 366. The highest BCUT2D eigenvalue weighted by Gasteiger charge is 2.23. The number of rotatable bonds is 2. The van der Waals surface area contributed by atoms with Crippen LogP contribution in [-0.2, 0) is 4.79 Å². The molecule has 1 amide bonds. The summed E-state index contributed by atoms with van der Waals surface area (Å²) in [4.78, 5) is 15.9. The molecule has 1 atom stereocenters. The second kappa shape index (κ2) is 4.99. The lowest BCUT2D eigenvalue weighted by atomic mass is 10.1. The summed E-state index contributed by atoms with van der Waals surface area (Å²) in [6.07, 6.45) is 0.977. The van der Waals surface area contributed by atoms with Crippen LogP contribution in [-0.4, -0.2) is 22.4 Å². The summed E-state index contributed by atoms with van der Waals surface area (Å²) >= 11 is 5.10. The average molecular weight is 287 g/mol. The number of nitrogens with zero attached hydrogens (tertiary/aromatic N) is 1. The number of thioether (sulfide) groups is 1. The molecule has 3 nitrogen and oxygen atoms in total. The predicted molar refractivity (Wildman–Crippen MR) is 66.0 cm³/mol. The van der Waals surface area contributed by atoms with Crippen molar-refractivity contribution in [2.75, 3.05) is 16.8 Å². The third kappa shape index (κ3) is 2.95. The van der Waals surface area contributed by atoms with Gasteiger partial charge >= 0.3 is 0 Å². The first kappa shape index (κ1) is 11.0. The van der Waals surface area contributed by atoms with Crippen molar-refractivity contribution in [1.82, 2.24) is 4.98 Å². The smallest absolute Gasteiger partial charge is 0.229 e. The molecule has 1 aromatic heterocycles. The zero-order valence-corrected chi connectivity index (χ0v) is 10.5. The summed E-state index contributed by atoms with van der Waals surface area (Å²) in [5.41, 5.74) is 0. The fourth-order valence-electron chi connectivity index (χ4n) is 1.45. The summed E-state index contributed by atoms with van der Waals surface area (Å²) in [6.45, 7) is 0. The van der Waals surface area contributed by atoms with Crippen LogP contribution in [0.15, 0.2) is 22.8 Å². The Balaban J connectivity index is 1.99. The number of carbonyl (C=O) groups is 1. The van der Waals surface area contributed by atoms with Gasteiger partial charge in [-0.05, 0) is 40.2 Å². The van der Waals surface area contributed by atoms with Crippen molar-refractivity contribution in [2.45, 2.75) is 6.42 Å². The lowest BCUT2D eigenvalue weighted by molar-refractivity contribution is -0.119. The van der Waals surface area contributed by atoms with Crippen LogP contribution in [0.5, 0.6) is 0 Å². The van der Waals surface area contributed by atoms with E-state index in [1.165, 1.54) is 0 Å². The van der Waals surface area contributed by atoms with Crippen molar-refractivity contribution in [2.24, 2.45) is 5.92 Å². The highest BCUT2D eigenvalue weighted by atomic mass is 79.9. The topological polar surface area (TPSA) is 42.0 Å². The highest BCUT2D eigenvalue weighted by Crippen LogP contribution is 2.24. The van der Waals surface area contributed by atoms with E-state index >= 15 is 0 Å². The number of halogens is 1. The van der Waals surface area contributed by atoms with Gasteiger partial charge in [-0.15, -0.1) is 0 Å². The van der Waals surface area contributed by atoms with Crippen molar-refractivity contribution in [1.29, 1.82) is 0 Å². The average Bonchev–Trinajstić information content (AvgIpc) is 2.70. The Labute approximate surface area is 101 Å². The van der Waals surface area contributed by atoms with E-state index in [0.29, 0.717) is 5.82 Å². The van der Waals surface area contributed by atoms with Gasteiger partial charge in [0.2, 0.25) is 5.91 Å². The molecule has 0 spiro atoms. The Morgan fingerprint density at radius 1 is 1.60 bits per heavy atom. The standard InChI is InChI=1S/C10H11BrN2OS/c11-8-2-1-3-9(12-8)13-10(14)7-4-5-15-6-7/h1-3,7H,4-6H2,(H,12,13,14). The quantitative estimate of drug-likeness (QED) is 0.850. The number of amides is 1. The molecule has 15 heavy (non-hydrogen) atoms. The van der Waals surface area contributed by atoms with Gasteiger partial charge in [0.25, 0.3) is 0 Å².